The van der Waals surface area contributed by atoms with Crippen LogP contribution in [0.5, 0.6) is 0 Å². The maximum Gasteiger partial charge on any atom is 0.243 e. The smallest absolute Gasteiger partial charge is 0.243 e. The van der Waals surface area contributed by atoms with Gasteiger partial charge in [-0.1, -0.05) is 79.7 Å². The highest BCUT2D eigenvalue weighted by atomic mass is 32.2. The standard InChI is InChI=1S/C32H41N3O4S/c1-5-21-33-32(37)30(23-27-15-8-6-9-16-27)34(24-28-17-10-7-11-18-28)31(36)20-13-22-35(40(4,38)39)29-19-12-14-25(2)26(29)3/h6-12,14-19,30H,5,13,20-24H2,1-4H3,(H,33,37)/t30-/m0/s1. The summed E-state index contributed by atoms with van der Waals surface area (Å²) in [5.41, 5.74) is 4.39. The zero-order chi connectivity index (χ0) is 29.1. The van der Waals surface area contributed by atoms with Crippen molar-refractivity contribution in [3.05, 3.63) is 101 Å². The number of sulfonamides is 1. The fourth-order valence-electron chi connectivity index (χ4n) is 4.69. The lowest BCUT2D eigenvalue weighted by Gasteiger charge is -2.32. The maximum atomic E-state index is 13.8. The topological polar surface area (TPSA) is 86.8 Å². The van der Waals surface area contributed by atoms with Gasteiger partial charge in [0.2, 0.25) is 21.8 Å². The van der Waals surface area contributed by atoms with Gasteiger partial charge >= 0.3 is 0 Å². The number of hydrogen-bond donors (Lipinski definition) is 1. The molecule has 0 saturated carbocycles. The molecule has 0 bridgehead atoms. The van der Waals surface area contributed by atoms with Gasteiger partial charge in [-0.15, -0.1) is 0 Å². The molecule has 0 aliphatic rings. The van der Waals surface area contributed by atoms with Crippen LogP contribution in [-0.4, -0.2) is 50.5 Å². The quantitative estimate of drug-likeness (QED) is 0.299. The summed E-state index contributed by atoms with van der Waals surface area (Å²) in [4.78, 5) is 28.9. The van der Waals surface area contributed by atoms with Crippen molar-refractivity contribution in [3.8, 4) is 0 Å². The van der Waals surface area contributed by atoms with E-state index in [1.165, 1.54) is 10.6 Å². The molecule has 0 saturated heterocycles. The summed E-state index contributed by atoms with van der Waals surface area (Å²) >= 11 is 0. The Morgan fingerprint density at radius 3 is 2.10 bits per heavy atom. The van der Waals surface area contributed by atoms with Crippen molar-refractivity contribution < 1.29 is 18.0 Å². The van der Waals surface area contributed by atoms with Crippen molar-refractivity contribution in [2.45, 2.75) is 59.0 Å². The average molecular weight is 564 g/mol. The molecule has 0 aromatic heterocycles. The van der Waals surface area contributed by atoms with Crippen LogP contribution < -0.4 is 9.62 Å². The molecule has 1 N–H and O–H groups in total. The second-order valence-corrected chi connectivity index (χ2v) is 12.1. The maximum absolute atomic E-state index is 13.8. The van der Waals surface area contributed by atoms with Crippen LogP contribution in [0.15, 0.2) is 78.9 Å². The zero-order valence-electron chi connectivity index (χ0n) is 24.0. The van der Waals surface area contributed by atoms with Crippen molar-refractivity contribution in [2.75, 3.05) is 23.7 Å². The Hall–Kier alpha value is -3.65. The number of rotatable bonds is 14. The van der Waals surface area contributed by atoms with Gasteiger partial charge < -0.3 is 10.2 Å². The number of nitrogens with one attached hydrogen (secondary N) is 1. The molecule has 3 aromatic rings. The van der Waals surface area contributed by atoms with Crippen molar-refractivity contribution in [2.24, 2.45) is 0 Å². The molecule has 3 rings (SSSR count). The summed E-state index contributed by atoms with van der Waals surface area (Å²) in [5.74, 6) is -0.381. The molecular formula is C32H41N3O4S. The van der Waals surface area contributed by atoms with Crippen LogP contribution in [0.25, 0.3) is 0 Å². The minimum absolute atomic E-state index is 0.107. The number of aryl methyl sites for hydroxylation is 1. The van der Waals surface area contributed by atoms with Gasteiger partial charge in [0.15, 0.2) is 0 Å². The van der Waals surface area contributed by atoms with Gasteiger partial charge in [0, 0.05) is 32.5 Å². The number of anilines is 1. The molecule has 3 aromatic carbocycles. The molecule has 0 unspecified atom stereocenters. The highest BCUT2D eigenvalue weighted by Gasteiger charge is 2.30. The van der Waals surface area contributed by atoms with Crippen LogP contribution in [0.2, 0.25) is 0 Å². The molecule has 0 spiro atoms. The Labute approximate surface area is 239 Å². The zero-order valence-corrected chi connectivity index (χ0v) is 24.8. The monoisotopic (exact) mass is 563 g/mol. The molecule has 1 atom stereocenters. The van der Waals surface area contributed by atoms with E-state index >= 15 is 0 Å². The SMILES string of the molecule is CCCNC(=O)[C@H](Cc1ccccc1)N(Cc1ccccc1)C(=O)CCCN(c1cccc(C)c1C)S(C)(=O)=O. The summed E-state index contributed by atoms with van der Waals surface area (Å²) in [6, 6.07) is 24.2. The average Bonchev–Trinajstić information content (AvgIpc) is 2.94. The molecule has 40 heavy (non-hydrogen) atoms. The summed E-state index contributed by atoms with van der Waals surface area (Å²) in [6.07, 6.45) is 2.78. The van der Waals surface area contributed by atoms with E-state index in [-0.39, 0.29) is 31.3 Å². The summed E-state index contributed by atoms with van der Waals surface area (Å²) in [5, 5.41) is 2.98. The van der Waals surface area contributed by atoms with Crippen molar-refractivity contribution >= 4 is 27.5 Å². The Morgan fingerprint density at radius 2 is 1.50 bits per heavy atom. The van der Waals surface area contributed by atoms with Crippen molar-refractivity contribution in [1.82, 2.24) is 10.2 Å². The van der Waals surface area contributed by atoms with E-state index in [0.29, 0.717) is 25.1 Å². The fraction of sp³-hybridized carbons (Fsp3) is 0.375. The predicted molar refractivity (Wildman–Crippen MR) is 162 cm³/mol. The number of hydrogen-bond acceptors (Lipinski definition) is 4. The molecule has 0 aliphatic carbocycles. The summed E-state index contributed by atoms with van der Waals surface area (Å²) < 4.78 is 26.8. The minimum Gasteiger partial charge on any atom is -0.354 e. The second kappa shape index (κ2) is 14.7. The van der Waals surface area contributed by atoms with E-state index in [1.54, 1.807) is 11.0 Å². The van der Waals surface area contributed by atoms with Gasteiger partial charge in [-0.3, -0.25) is 13.9 Å². The van der Waals surface area contributed by atoms with Crippen molar-refractivity contribution in [1.29, 1.82) is 0 Å². The third kappa shape index (κ3) is 8.68. The third-order valence-corrected chi connectivity index (χ3v) is 8.19. The lowest BCUT2D eigenvalue weighted by atomic mass is 10.0. The lowest BCUT2D eigenvalue weighted by Crippen LogP contribution is -2.50. The molecule has 2 amide bonds. The number of carbonyl (C=O) groups is 2. The van der Waals surface area contributed by atoms with E-state index in [0.717, 1.165) is 28.7 Å². The highest BCUT2D eigenvalue weighted by Crippen LogP contribution is 2.26. The molecule has 214 valence electrons. The van der Waals surface area contributed by atoms with Gasteiger partial charge in [-0.2, -0.15) is 0 Å². The molecule has 0 aliphatic heterocycles. The first-order valence-corrected chi connectivity index (χ1v) is 15.7. The molecule has 7 nitrogen and oxygen atoms in total. The van der Waals surface area contributed by atoms with Gasteiger partial charge in [-0.05, 0) is 55.0 Å². The first kappa shape index (κ1) is 30.9. The van der Waals surface area contributed by atoms with E-state index in [4.69, 9.17) is 0 Å². The molecule has 0 radical (unpaired) electrons. The van der Waals surface area contributed by atoms with Gasteiger partial charge in [0.25, 0.3) is 0 Å². The third-order valence-electron chi connectivity index (χ3n) is 7.01. The van der Waals surface area contributed by atoms with Crippen LogP contribution >= 0.6 is 0 Å². The Balaban J connectivity index is 1.86. The normalized spacial score (nSPS) is 12.0. The number of benzene rings is 3. The van der Waals surface area contributed by atoms with Crippen LogP contribution in [0.1, 0.15) is 48.4 Å². The Morgan fingerprint density at radius 1 is 0.875 bits per heavy atom. The van der Waals surface area contributed by atoms with Gasteiger partial charge in [-0.25, -0.2) is 8.42 Å². The van der Waals surface area contributed by atoms with E-state index in [2.05, 4.69) is 5.32 Å². The first-order valence-electron chi connectivity index (χ1n) is 13.8. The van der Waals surface area contributed by atoms with E-state index in [9.17, 15) is 18.0 Å². The molecule has 8 heteroatoms. The number of nitrogens with zero attached hydrogens (tertiary/aromatic N) is 2. The summed E-state index contributed by atoms with van der Waals surface area (Å²) in [7, 11) is -3.56. The van der Waals surface area contributed by atoms with Crippen molar-refractivity contribution in [3.63, 3.8) is 0 Å². The lowest BCUT2D eigenvalue weighted by molar-refractivity contribution is -0.141. The fourth-order valence-corrected chi connectivity index (χ4v) is 5.70. The molecular weight excluding hydrogens is 522 g/mol. The van der Waals surface area contributed by atoms with Gasteiger partial charge in [0.05, 0.1) is 11.9 Å². The number of amides is 2. The predicted octanol–water partition coefficient (Wildman–Crippen LogP) is 5.02. The molecule has 0 fully saturated rings. The van der Waals surface area contributed by atoms with Crippen LogP contribution in [-0.2, 0) is 32.6 Å². The van der Waals surface area contributed by atoms with Crippen LogP contribution in [0, 0.1) is 13.8 Å². The van der Waals surface area contributed by atoms with E-state index < -0.39 is 16.1 Å². The minimum atomic E-state index is -3.56. The van der Waals surface area contributed by atoms with Gasteiger partial charge in [0.1, 0.15) is 6.04 Å². The van der Waals surface area contributed by atoms with Crippen LogP contribution in [0.3, 0.4) is 0 Å². The Kier molecular flexibility index (Phi) is 11.3. The second-order valence-electron chi connectivity index (χ2n) is 10.2. The van der Waals surface area contributed by atoms with E-state index in [1.807, 2.05) is 93.6 Å². The largest absolute Gasteiger partial charge is 0.354 e. The molecule has 0 heterocycles. The first-order chi connectivity index (χ1) is 19.1. The number of carbonyl (C=O) groups excluding carboxylic acids is 2. The van der Waals surface area contributed by atoms with Crippen LogP contribution in [0.4, 0.5) is 5.69 Å². The summed E-state index contributed by atoms with van der Waals surface area (Å²) in [6.45, 7) is 6.81. The highest BCUT2D eigenvalue weighted by molar-refractivity contribution is 7.92. The Bertz CT molecular complexity index is 1360.